The molecule has 5 N–H and O–H groups in total. The molecule has 300 valence electrons. The Balaban J connectivity index is 0.785. The van der Waals surface area contributed by atoms with Crippen molar-refractivity contribution in [1.82, 2.24) is 34.5 Å². The Bertz CT molecular complexity index is 2290. The number of nitrogen functional groups attached to an aromatic ring is 1. The van der Waals surface area contributed by atoms with Crippen LogP contribution in [0.5, 0.6) is 0 Å². The van der Waals surface area contributed by atoms with Crippen molar-refractivity contribution in [3.63, 3.8) is 0 Å². The van der Waals surface area contributed by atoms with Crippen molar-refractivity contribution >= 4 is 46.5 Å². The van der Waals surface area contributed by atoms with Crippen LogP contribution in [0.15, 0.2) is 79.3 Å². The summed E-state index contributed by atoms with van der Waals surface area (Å²) in [5, 5.41) is 8.74. The predicted molar refractivity (Wildman–Crippen MR) is 222 cm³/mol. The molecule has 58 heavy (non-hydrogen) atoms. The van der Waals surface area contributed by atoms with Crippen molar-refractivity contribution in [2.45, 2.75) is 89.3 Å². The maximum absolute atomic E-state index is 13.1. The van der Waals surface area contributed by atoms with Gasteiger partial charge in [-0.1, -0.05) is 56.4 Å². The Hall–Kier alpha value is -6.15. The monoisotopic (exact) mass is 782 g/mol. The van der Waals surface area contributed by atoms with E-state index in [1.807, 2.05) is 42.6 Å². The second-order valence-electron chi connectivity index (χ2n) is 15.4. The van der Waals surface area contributed by atoms with Crippen molar-refractivity contribution < 1.29 is 19.2 Å². The molecule has 4 amide bonds. The maximum atomic E-state index is 13.1. The lowest BCUT2D eigenvalue weighted by atomic mass is 10.0. The zero-order chi connectivity index (χ0) is 40.0. The van der Waals surface area contributed by atoms with Crippen molar-refractivity contribution in [2.75, 3.05) is 36.0 Å². The zero-order valence-corrected chi connectivity index (χ0v) is 32.7. The molecule has 0 bridgehead atoms. The molecular weight excluding hydrogens is 733 g/mol. The molecule has 6 heterocycles. The van der Waals surface area contributed by atoms with Gasteiger partial charge in [0.25, 0.3) is 11.8 Å². The van der Waals surface area contributed by atoms with Crippen LogP contribution in [0.2, 0.25) is 0 Å². The van der Waals surface area contributed by atoms with E-state index < -0.39 is 6.04 Å². The summed E-state index contributed by atoms with van der Waals surface area (Å²) in [6.07, 6.45) is 16.1. The number of hydrogen-bond acceptors (Lipinski definition) is 10. The van der Waals surface area contributed by atoms with E-state index >= 15 is 0 Å². The molecule has 0 saturated carbocycles. The van der Waals surface area contributed by atoms with Gasteiger partial charge in [-0.2, -0.15) is 0 Å². The topological polar surface area (TPSA) is 180 Å². The quantitative estimate of drug-likeness (QED) is 0.0650. The van der Waals surface area contributed by atoms with Crippen LogP contribution in [0, 0.1) is 0 Å². The summed E-state index contributed by atoms with van der Waals surface area (Å²) in [4.78, 5) is 68.0. The standard InChI is InChI=1S/C44H50N10O4/c45-40-39-38(29-16-18-30(19-17-29)42(56)49-36-15-6-8-23-47-36)51-41(53(39)27-24-48-40)34-14-11-26-52(34)25-9-5-3-1-2-4-7-22-46-33-13-10-12-31-32(33)28-54(44(31)58)35-20-21-37(55)50-43(35)57/h6,8,10,12-13,15-19,23-24,27,34-35,46H,1-5,7,9,11,14,20-22,25-26,28H2,(H2,45,48)(H,47,49,56)(H,50,55,57)/t34-,35?/m0/s1. The normalized spacial score (nSPS) is 18.1. The first kappa shape index (κ1) is 38.7. The maximum Gasteiger partial charge on any atom is 0.256 e. The van der Waals surface area contributed by atoms with Crippen LogP contribution in [-0.2, 0) is 16.1 Å². The van der Waals surface area contributed by atoms with E-state index in [9.17, 15) is 19.2 Å². The SMILES string of the molecule is Nc1nccn2c([C@@H]3CCCN3CCCCCCCCCNc3cccc4c3CN(C3CCC(=O)NC3=O)C4=O)nc(-c3ccc(C(=O)Nc4ccccn4)cc3)c12. The van der Waals surface area contributed by atoms with E-state index in [1.54, 1.807) is 41.6 Å². The number of carbonyl (C=O) groups excluding carboxylic acids is 4. The van der Waals surface area contributed by atoms with Crippen LogP contribution >= 0.6 is 0 Å². The van der Waals surface area contributed by atoms with Crippen LogP contribution < -0.4 is 21.7 Å². The number of imidazole rings is 1. The van der Waals surface area contributed by atoms with E-state index in [2.05, 4.69) is 35.2 Å². The number of rotatable bonds is 16. The average molecular weight is 783 g/mol. The van der Waals surface area contributed by atoms with Crippen LogP contribution in [0.25, 0.3) is 16.8 Å². The molecule has 2 atom stereocenters. The van der Waals surface area contributed by atoms with Gasteiger partial charge in [-0.05, 0) is 81.6 Å². The molecule has 0 spiro atoms. The van der Waals surface area contributed by atoms with Crippen molar-refractivity contribution in [3.8, 4) is 11.3 Å². The number of nitrogens with two attached hydrogens (primary N) is 1. The minimum Gasteiger partial charge on any atom is -0.385 e. The lowest BCUT2D eigenvalue weighted by Crippen LogP contribution is -2.52. The highest BCUT2D eigenvalue weighted by Gasteiger charge is 2.40. The summed E-state index contributed by atoms with van der Waals surface area (Å²) in [5.41, 5.74) is 11.9. The Labute approximate surface area is 337 Å². The van der Waals surface area contributed by atoms with Gasteiger partial charge in [0.15, 0.2) is 0 Å². The molecule has 0 aliphatic carbocycles. The van der Waals surface area contributed by atoms with Crippen LogP contribution in [0.3, 0.4) is 0 Å². The van der Waals surface area contributed by atoms with Gasteiger partial charge in [0.05, 0.1) is 6.04 Å². The minimum absolute atomic E-state index is 0.149. The van der Waals surface area contributed by atoms with Crippen molar-refractivity contribution in [3.05, 3.63) is 102 Å². The third kappa shape index (κ3) is 8.28. The fraction of sp³-hybridized carbons (Fsp3) is 0.386. The summed E-state index contributed by atoms with van der Waals surface area (Å²) in [5.74, 6) is 0.846. The van der Waals surface area contributed by atoms with Gasteiger partial charge in [0, 0.05) is 66.0 Å². The molecule has 3 aromatic heterocycles. The van der Waals surface area contributed by atoms with Gasteiger partial charge in [-0.15, -0.1) is 0 Å². The smallest absolute Gasteiger partial charge is 0.256 e. The number of anilines is 3. The largest absolute Gasteiger partial charge is 0.385 e. The molecule has 8 rings (SSSR count). The number of imide groups is 1. The summed E-state index contributed by atoms with van der Waals surface area (Å²) in [6.45, 7) is 3.25. The first-order valence-electron chi connectivity index (χ1n) is 20.6. The number of aromatic nitrogens is 4. The van der Waals surface area contributed by atoms with E-state index in [4.69, 9.17) is 10.7 Å². The van der Waals surface area contributed by atoms with E-state index in [1.165, 1.54) is 25.7 Å². The molecule has 3 aliphatic heterocycles. The molecule has 2 aromatic carbocycles. The van der Waals surface area contributed by atoms with Gasteiger partial charge in [-0.3, -0.25) is 33.8 Å². The third-order valence-corrected chi connectivity index (χ3v) is 11.6. The highest BCUT2D eigenvalue weighted by molar-refractivity contribution is 6.06. The number of fused-ring (bicyclic) bond motifs is 2. The Kier molecular flexibility index (Phi) is 11.7. The number of pyridine rings is 1. The number of amides is 4. The molecule has 2 fully saturated rings. The van der Waals surface area contributed by atoms with Crippen LogP contribution in [-0.4, -0.2) is 78.5 Å². The van der Waals surface area contributed by atoms with Gasteiger partial charge >= 0.3 is 0 Å². The van der Waals surface area contributed by atoms with Crippen LogP contribution in [0.4, 0.5) is 17.3 Å². The van der Waals surface area contributed by atoms with Gasteiger partial charge < -0.3 is 21.3 Å². The molecule has 0 radical (unpaired) electrons. The van der Waals surface area contributed by atoms with E-state index in [-0.39, 0.29) is 36.1 Å². The summed E-state index contributed by atoms with van der Waals surface area (Å²) in [7, 11) is 0. The highest BCUT2D eigenvalue weighted by Crippen LogP contribution is 2.37. The molecule has 1 unspecified atom stereocenters. The lowest BCUT2D eigenvalue weighted by Gasteiger charge is -2.29. The zero-order valence-electron chi connectivity index (χ0n) is 32.7. The Morgan fingerprint density at radius 2 is 1.67 bits per heavy atom. The Morgan fingerprint density at radius 1 is 0.862 bits per heavy atom. The summed E-state index contributed by atoms with van der Waals surface area (Å²) >= 11 is 0. The van der Waals surface area contributed by atoms with Gasteiger partial charge in [0.2, 0.25) is 11.8 Å². The van der Waals surface area contributed by atoms with Gasteiger partial charge in [-0.25, -0.2) is 15.0 Å². The fourth-order valence-corrected chi connectivity index (χ4v) is 8.61. The van der Waals surface area contributed by atoms with Gasteiger partial charge in [0.1, 0.15) is 34.7 Å². The second kappa shape index (κ2) is 17.6. The molecule has 2 saturated heterocycles. The fourth-order valence-electron chi connectivity index (χ4n) is 8.61. The van der Waals surface area contributed by atoms with Crippen LogP contribution in [0.1, 0.15) is 109 Å². The molecule has 14 nitrogen and oxygen atoms in total. The second-order valence-corrected chi connectivity index (χ2v) is 15.4. The molecule has 3 aliphatic rings. The summed E-state index contributed by atoms with van der Waals surface area (Å²) < 4.78 is 2.10. The number of hydrogen-bond donors (Lipinski definition) is 4. The number of unbranched alkanes of at least 4 members (excludes halogenated alkanes) is 6. The van der Waals surface area contributed by atoms with E-state index in [0.29, 0.717) is 35.7 Å². The Morgan fingerprint density at radius 3 is 2.47 bits per heavy atom. The van der Waals surface area contributed by atoms with Crippen molar-refractivity contribution in [1.29, 1.82) is 0 Å². The number of benzene rings is 2. The number of likely N-dealkylation sites (tertiary alicyclic amines) is 1. The molecular formula is C44H50N10O4. The highest BCUT2D eigenvalue weighted by atomic mass is 16.2. The average Bonchev–Trinajstić information content (AvgIpc) is 3.95. The summed E-state index contributed by atoms with van der Waals surface area (Å²) in [6, 6.07) is 18.1. The third-order valence-electron chi connectivity index (χ3n) is 11.6. The molecule has 14 heteroatoms. The first-order chi connectivity index (χ1) is 28.4. The molecule has 5 aromatic rings. The minimum atomic E-state index is -0.609. The predicted octanol–water partition coefficient (Wildman–Crippen LogP) is 6.37. The lowest BCUT2D eigenvalue weighted by molar-refractivity contribution is -0.136. The van der Waals surface area contributed by atoms with E-state index in [0.717, 1.165) is 85.6 Å². The number of piperidine rings is 1. The van der Waals surface area contributed by atoms with Crippen molar-refractivity contribution in [2.24, 2.45) is 0 Å². The number of nitrogens with one attached hydrogen (secondary N) is 3. The number of nitrogens with zero attached hydrogens (tertiary/aromatic N) is 6. The number of carbonyl (C=O) groups is 4. The first-order valence-corrected chi connectivity index (χ1v) is 20.6.